The number of rotatable bonds is 5. The Kier molecular flexibility index (Phi) is 6.94. The molecule has 4 rings (SSSR count). The van der Waals surface area contributed by atoms with Crippen LogP contribution in [-0.2, 0) is 13.0 Å². The maximum Gasteiger partial charge on any atom is 0.257 e. The summed E-state index contributed by atoms with van der Waals surface area (Å²) in [4.78, 5) is 34.9. The number of carbonyl (C=O) groups is 1. The molecule has 34 heavy (non-hydrogen) atoms. The van der Waals surface area contributed by atoms with E-state index >= 15 is 0 Å². The van der Waals surface area contributed by atoms with E-state index in [0.29, 0.717) is 50.2 Å². The molecule has 0 bridgehead atoms. The summed E-state index contributed by atoms with van der Waals surface area (Å²) in [6, 6.07) is 3.67. The molecule has 1 aliphatic heterocycles. The van der Waals surface area contributed by atoms with Crippen LogP contribution in [0.5, 0.6) is 0 Å². The van der Waals surface area contributed by atoms with Crippen molar-refractivity contribution in [2.24, 2.45) is 0 Å². The number of hydrogen-bond donors (Lipinski definition) is 2. The maximum absolute atomic E-state index is 14.8. The zero-order chi connectivity index (χ0) is 24.6. The topological polar surface area (TPSA) is 81.3 Å². The fourth-order valence-electron chi connectivity index (χ4n) is 4.13. The molecule has 3 heterocycles. The first-order chi connectivity index (χ1) is 16.2. The Hall–Kier alpha value is -2.92. The van der Waals surface area contributed by atoms with E-state index in [0.717, 1.165) is 11.1 Å². The van der Waals surface area contributed by atoms with Crippen molar-refractivity contribution >= 4 is 38.6 Å². The summed E-state index contributed by atoms with van der Waals surface area (Å²) in [7, 11) is 1.21. The van der Waals surface area contributed by atoms with Crippen molar-refractivity contribution in [3.05, 3.63) is 67.3 Å². The molecular weight excluding hydrogens is 515 g/mol. The largest absolute Gasteiger partial charge is 0.366 e. The van der Waals surface area contributed by atoms with E-state index < -0.39 is 28.9 Å². The lowest BCUT2D eigenvalue weighted by Gasteiger charge is -2.36. The van der Waals surface area contributed by atoms with Crippen LogP contribution in [0.4, 0.5) is 18.9 Å². The zero-order valence-corrected chi connectivity index (χ0v) is 20.2. The van der Waals surface area contributed by atoms with Crippen LogP contribution < -0.4 is 15.8 Å². The molecule has 2 N–H and O–H groups in total. The molecule has 11 heteroatoms. The highest BCUT2D eigenvalue weighted by Crippen LogP contribution is 2.36. The van der Waals surface area contributed by atoms with Crippen molar-refractivity contribution in [3.63, 3.8) is 0 Å². The predicted molar refractivity (Wildman–Crippen MR) is 127 cm³/mol. The van der Waals surface area contributed by atoms with Gasteiger partial charge in [-0.3, -0.25) is 19.5 Å². The Balaban J connectivity index is 1.50. The smallest absolute Gasteiger partial charge is 0.257 e. The van der Waals surface area contributed by atoms with Gasteiger partial charge in [0.1, 0.15) is 5.56 Å². The number of fused-ring (bicyclic) bond motifs is 1. The number of benzene rings is 1. The fraction of sp³-hybridized carbons (Fsp3) is 0.348. The molecule has 1 aromatic carbocycles. The van der Waals surface area contributed by atoms with Crippen LogP contribution in [0.1, 0.15) is 28.4 Å². The number of nitrogens with one attached hydrogen (secondary N) is 2. The van der Waals surface area contributed by atoms with Crippen molar-refractivity contribution in [3.8, 4) is 0 Å². The van der Waals surface area contributed by atoms with Gasteiger partial charge in [-0.15, -0.1) is 0 Å². The van der Waals surface area contributed by atoms with Gasteiger partial charge in [-0.2, -0.15) is 0 Å². The van der Waals surface area contributed by atoms with E-state index in [9.17, 15) is 22.8 Å². The SMILES string of the molecule is CCc1cc2ncc(CN3CCN(c4c(F)c(F)c(C(=O)NC)c(F)c4Br)CC3)cc2[nH]c1=O. The molecule has 0 aliphatic carbocycles. The lowest BCUT2D eigenvalue weighted by atomic mass is 10.1. The van der Waals surface area contributed by atoms with E-state index in [1.165, 1.54) is 7.05 Å². The maximum atomic E-state index is 14.8. The van der Waals surface area contributed by atoms with Gasteiger partial charge in [0.25, 0.3) is 11.5 Å². The van der Waals surface area contributed by atoms with Gasteiger partial charge < -0.3 is 15.2 Å². The second-order valence-corrected chi connectivity index (χ2v) is 8.87. The van der Waals surface area contributed by atoms with Gasteiger partial charge >= 0.3 is 0 Å². The van der Waals surface area contributed by atoms with Crippen LogP contribution in [-0.4, -0.2) is 54.0 Å². The van der Waals surface area contributed by atoms with E-state index in [4.69, 9.17) is 0 Å². The minimum absolute atomic E-state index is 0.128. The molecule has 0 radical (unpaired) electrons. The Bertz CT molecular complexity index is 1290. The number of hydrogen-bond acceptors (Lipinski definition) is 5. The van der Waals surface area contributed by atoms with Gasteiger partial charge in [0.2, 0.25) is 0 Å². The van der Waals surface area contributed by atoms with E-state index in [-0.39, 0.29) is 15.7 Å². The third kappa shape index (κ3) is 4.41. The van der Waals surface area contributed by atoms with E-state index in [1.54, 1.807) is 17.2 Å². The zero-order valence-electron chi connectivity index (χ0n) is 18.6. The average Bonchev–Trinajstić information content (AvgIpc) is 2.83. The van der Waals surface area contributed by atoms with Crippen molar-refractivity contribution in [1.82, 2.24) is 20.2 Å². The second-order valence-electron chi connectivity index (χ2n) is 8.08. The number of nitrogens with zero attached hydrogens (tertiary/aromatic N) is 3. The molecule has 0 unspecified atom stereocenters. The number of amides is 1. The number of halogens is 4. The number of H-pyrrole nitrogens is 1. The summed E-state index contributed by atoms with van der Waals surface area (Å²) in [6.45, 7) is 4.13. The van der Waals surface area contributed by atoms with Gasteiger partial charge in [0.15, 0.2) is 17.5 Å². The van der Waals surface area contributed by atoms with Crippen LogP contribution in [0.3, 0.4) is 0 Å². The number of aromatic amines is 1. The van der Waals surface area contributed by atoms with Crippen molar-refractivity contribution in [2.45, 2.75) is 19.9 Å². The monoisotopic (exact) mass is 537 g/mol. The van der Waals surface area contributed by atoms with E-state index in [1.807, 2.05) is 13.0 Å². The number of aromatic nitrogens is 2. The van der Waals surface area contributed by atoms with Crippen molar-refractivity contribution in [2.75, 3.05) is 38.1 Å². The number of carbonyl (C=O) groups excluding carboxylic acids is 1. The third-order valence-corrected chi connectivity index (χ3v) is 6.72. The minimum atomic E-state index is -1.51. The predicted octanol–water partition coefficient (Wildman–Crippen LogP) is 3.35. The van der Waals surface area contributed by atoms with Gasteiger partial charge in [0.05, 0.1) is 21.2 Å². The highest BCUT2D eigenvalue weighted by molar-refractivity contribution is 9.10. The molecule has 1 saturated heterocycles. The normalized spacial score (nSPS) is 14.6. The van der Waals surface area contributed by atoms with Crippen molar-refractivity contribution < 1.29 is 18.0 Å². The molecule has 7 nitrogen and oxygen atoms in total. The van der Waals surface area contributed by atoms with Crippen LogP contribution in [0, 0.1) is 17.5 Å². The quantitative estimate of drug-likeness (QED) is 0.488. The molecule has 0 saturated carbocycles. The summed E-state index contributed by atoms with van der Waals surface area (Å²) in [6.07, 6.45) is 2.38. The summed E-state index contributed by atoms with van der Waals surface area (Å²) < 4.78 is 43.7. The Labute approximate surface area is 202 Å². The van der Waals surface area contributed by atoms with Crippen LogP contribution in [0.15, 0.2) is 27.6 Å². The molecular formula is C23H23BrF3N5O2. The lowest BCUT2D eigenvalue weighted by Crippen LogP contribution is -2.46. The molecule has 3 aromatic rings. The second kappa shape index (κ2) is 9.75. The number of anilines is 1. The first kappa shape index (κ1) is 24.2. The number of pyridine rings is 2. The van der Waals surface area contributed by atoms with Crippen molar-refractivity contribution in [1.29, 1.82) is 0 Å². The Morgan fingerprint density at radius 2 is 1.85 bits per heavy atom. The van der Waals surface area contributed by atoms with Crippen LogP contribution in [0.25, 0.3) is 11.0 Å². The number of aryl methyl sites for hydroxylation is 1. The van der Waals surface area contributed by atoms with Gasteiger partial charge in [-0.1, -0.05) is 6.92 Å². The van der Waals surface area contributed by atoms with Crippen LogP contribution in [0.2, 0.25) is 0 Å². The molecule has 1 amide bonds. The molecule has 0 spiro atoms. The fourth-order valence-corrected chi connectivity index (χ4v) is 4.75. The molecule has 180 valence electrons. The Morgan fingerprint density at radius 1 is 1.15 bits per heavy atom. The lowest BCUT2D eigenvalue weighted by molar-refractivity contribution is 0.0953. The third-order valence-electron chi connectivity index (χ3n) is 6.00. The first-order valence-electron chi connectivity index (χ1n) is 10.8. The summed E-state index contributed by atoms with van der Waals surface area (Å²) >= 11 is 3.00. The summed E-state index contributed by atoms with van der Waals surface area (Å²) in [5, 5.41) is 2.11. The summed E-state index contributed by atoms with van der Waals surface area (Å²) in [5.41, 5.74) is 1.64. The molecule has 1 aliphatic rings. The number of piperazine rings is 1. The van der Waals surface area contributed by atoms with Gasteiger partial charge in [0, 0.05) is 51.5 Å². The molecule has 0 atom stereocenters. The van der Waals surface area contributed by atoms with Gasteiger partial charge in [-0.05, 0) is 40.0 Å². The minimum Gasteiger partial charge on any atom is -0.366 e. The van der Waals surface area contributed by atoms with E-state index in [2.05, 4.69) is 36.1 Å². The molecule has 1 fully saturated rings. The standard InChI is InChI=1S/C23H23BrF3N5O2/c1-3-13-9-14-15(30-22(13)33)8-12(10-29-14)11-31-4-6-32(7-5-31)21-17(24)18(25)16(23(34)28-2)19(26)20(21)27/h8-10H,3-7,11H2,1-2H3,(H,28,34)(H,30,33). The van der Waals surface area contributed by atoms with Crippen LogP contribution >= 0.6 is 15.9 Å². The summed E-state index contributed by atoms with van der Waals surface area (Å²) in [5.74, 6) is -4.96. The highest BCUT2D eigenvalue weighted by Gasteiger charge is 2.31. The molecule has 2 aromatic heterocycles. The van der Waals surface area contributed by atoms with Gasteiger partial charge in [-0.25, -0.2) is 13.2 Å². The first-order valence-corrected chi connectivity index (χ1v) is 11.6. The average molecular weight is 538 g/mol. The Morgan fingerprint density at radius 3 is 2.50 bits per heavy atom. The highest BCUT2D eigenvalue weighted by atomic mass is 79.9.